The van der Waals surface area contributed by atoms with Crippen molar-refractivity contribution >= 4 is 11.9 Å². The first kappa shape index (κ1) is 19.2. The summed E-state index contributed by atoms with van der Waals surface area (Å²) in [4.78, 5) is 25.0. The van der Waals surface area contributed by atoms with E-state index in [4.69, 9.17) is 4.74 Å². The zero-order valence-corrected chi connectivity index (χ0v) is 15.8. The van der Waals surface area contributed by atoms with Crippen molar-refractivity contribution in [3.8, 4) is 0 Å². The summed E-state index contributed by atoms with van der Waals surface area (Å²) in [6.07, 6.45) is 4.63. The van der Waals surface area contributed by atoms with Gasteiger partial charge in [0, 0.05) is 11.6 Å². The van der Waals surface area contributed by atoms with Gasteiger partial charge >= 0.3 is 5.97 Å². The topological polar surface area (TPSA) is 55.4 Å². The number of aryl methyl sites for hydroxylation is 1. The second-order valence-corrected chi connectivity index (χ2v) is 7.16. The number of hydrogen-bond donors (Lipinski definition) is 1. The monoisotopic (exact) mass is 365 g/mol. The highest BCUT2D eigenvalue weighted by molar-refractivity contribution is 5.85. The van der Waals surface area contributed by atoms with Gasteiger partial charge in [-0.3, -0.25) is 9.59 Å². The van der Waals surface area contributed by atoms with Crippen LogP contribution in [0.4, 0.5) is 0 Å². The molecule has 4 nitrogen and oxygen atoms in total. The van der Waals surface area contributed by atoms with Gasteiger partial charge in [-0.25, -0.2) is 0 Å². The molecule has 27 heavy (non-hydrogen) atoms. The molecule has 1 atom stereocenters. The van der Waals surface area contributed by atoms with E-state index >= 15 is 0 Å². The average molecular weight is 365 g/mol. The highest BCUT2D eigenvalue weighted by Gasteiger charge is 2.30. The van der Waals surface area contributed by atoms with E-state index in [-0.39, 0.29) is 18.4 Å². The van der Waals surface area contributed by atoms with E-state index in [0.29, 0.717) is 5.56 Å². The Balaban J connectivity index is 1.62. The second-order valence-electron chi connectivity index (χ2n) is 7.16. The summed E-state index contributed by atoms with van der Waals surface area (Å²) in [5, 5.41) is 2.93. The third kappa shape index (κ3) is 5.95. The molecule has 142 valence electrons. The quantitative estimate of drug-likeness (QED) is 0.680. The molecule has 2 aromatic carbocycles. The molecular formula is C23H27NO3. The van der Waals surface area contributed by atoms with Gasteiger partial charge in [0.2, 0.25) is 6.10 Å². The van der Waals surface area contributed by atoms with Crippen molar-refractivity contribution < 1.29 is 14.3 Å². The molecule has 1 saturated carbocycles. The molecule has 0 bridgehead atoms. The predicted molar refractivity (Wildman–Crippen MR) is 105 cm³/mol. The molecule has 1 aliphatic rings. The molecule has 0 heterocycles. The van der Waals surface area contributed by atoms with Gasteiger partial charge in [0.15, 0.2) is 0 Å². The molecule has 1 N–H and O–H groups in total. The molecule has 0 radical (unpaired) electrons. The normalized spacial score (nSPS) is 14.4. The summed E-state index contributed by atoms with van der Waals surface area (Å²) >= 11 is 0. The lowest BCUT2D eigenvalue weighted by Crippen LogP contribution is -2.33. The fourth-order valence-corrected chi connectivity index (χ4v) is 2.95. The number of nitrogens with one attached hydrogen (secondary N) is 1. The maximum atomic E-state index is 12.5. The lowest BCUT2D eigenvalue weighted by molar-refractivity contribution is -0.156. The minimum atomic E-state index is -0.900. The van der Waals surface area contributed by atoms with Crippen molar-refractivity contribution in [2.45, 2.75) is 57.6 Å². The molecule has 0 aromatic heterocycles. The van der Waals surface area contributed by atoms with Crippen molar-refractivity contribution in [3.05, 3.63) is 71.3 Å². The number of hydrogen-bond acceptors (Lipinski definition) is 3. The fourth-order valence-electron chi connectivity index (χ4n) is 2.95. The van der Waals surface area contributed by atoms with Gasteiger partial charge in [-0.2, -0.15) is 0 Å². The third-order valence-electron chi connectivity index (χ3n) is 4.70. The van der Waals surface area contributed by atoms with Gasteiger partial charge in [0.1, 0.15) is 0 Å². The summed E-state index contributed by atoms with van der Waals surface area (Å²) < 4.78 is 5.58. The van der Waals surface area contributed by atoms with Crippen LogP contribution >= 0.6 is 0 Å². The predicted octanol–water partition coefficient (Wildman–Crippen LogP) is 4.13. The van der Waals surface area contributed by atoms with Crippen molar-refractivity contribution in [1.29, 1.82) is 0 Å². The van der Waals surface area contributed by atoms with E-state index in [1.54, 1.807) is 0 Å². The van der Waals surface area contributed by atoms with Gasteiger partial charge in [0.25, 0.3) is 5.91 Å². The van der Waals surface area contributed by atoms with E-state index in [2.05, 4.69) is 24.4 Å². The molecule has 4 heteroatoms. The number of esters is 1. The van der Waals surface area contributed by atoms with Gasteiger partial charge in [0.05, 0.1) is 6.42 Å². The van der Waals surface area contributed by atoms with Crippen LogP contribution in [0.25, 0.3) is 0 Å². The van der Waals surface area contributed by atoms with Crippen LogP contribution in [0, 0.1) is 0 Å². The summed E-state index contributed by atoms with van der Waals surface area (Å²) in [6, 6.07) is 17.5. The Labute approximate surface area is 160 Å². The number of carbonyl (C=O) groups is 2. The van der Waals surface area contributed by atoms with Crippen LogP contribution in [0.2, 0.25) is 0 Å². The van der Waals surface area contributed by atoms with Crippen molar-refractivity contribution in [2.75, 3.05) is 0 Å². The van der Waals surface area contributed by atoms with Crippen molar-refractivity contribution in [3.63, 3.8) is 0 Å². The largest absolute Gasteiger partial charge is 0.447 e. The van der Waals surface area contributed by atoms with E-state index in [1.165, 1.54) is 5.56 Å². The summed E-state index contributed by atoms with van der Waals surface area (Å²) in [6.45, 7) is 2.17. The Bertz CT molecular complexity index is 751. The van der Waals surface area contributed by atoms with Crippen LogP contribution in [-0.2, 0) is 27.2 Å². The number of amides is 1. The van der Waals surface area contributed by atoms with Crippen LogP contribution in [0.3, 0.4) is 0 Å². The maximum Gasteiger partial charge on any atom is 0.311 e. The highest BCUT2D eigenvalue weighted by Crippen LogP contribution is 2.23. The smallest absolute Gasteiger partial charge is 0.311 e. The molecule has 0 spiro atoms. The summed E-state index contributed by atoms with van der Waals surface area (Å²) in [7, 11) is 0. The Morgan fingerprint density at radius 2 is 1.70 bits per heavy atom. The fraction of sp³-hybridized carbons (Fsp3) is 0.391. The van der Waals surface area contributed by atoms with E-state index in [1.807, 2.05) is 42.5 Å². The Morgan fingerprint density at radius 1 is 1.04 bits per heavy atom. The Morgan fingerprint density at radius 3 is 2.33 bits per heavy atom. The number of rotatable bonds is 9. The number of unbranched alkanes of at least 4 members (excludes halogenated alkanes) is 1. The summed E-state index contributed by atoms with van der Waals surface area (Å²) in [5.74, 6) is -0.636. The zero-order valence-electron chi connectivity index (χ0n) is 15.8. The Hall–Kier alpha value is -2.62. The van der Waals surface area contributed by atoms with Crippen LogP contribution in [0.1, 0.15) is 55.4 Å². The first-order valence-electron chi connectivity index (χ1n) is 9.78. The molecule has 0 unspecified atom stereocenters. The van der Waals surface area contributed by atoms with Crippen LogP contribution in [0.5, 0.6) is 0 Å². The van der Waals surface area contributed by atoms with E-state index in [9.17, 15) is 9.59 Å². The van der Waals surface area contributed by atoms with Gasteiger partial charge in [-0.15, -0.1) is 0 Å². The van der Waals surface area contributed by atoms with Crippen LogP contribution in [-0.4, -0.2) is 17.9 Å². The van der Waals surface area contributed by atoms with Gasteiger partial charge < -0.3 is 10.1 Å². The SMILES string of the molecule is CCCCc1ccc(CC(=O)O[C@@H](C(=O)NC2CC2)c2ccccc2)cc1. The summed E-state index contributed by atoms with van der Waals surface area (Å²) in [5.41, 5.74) is 2.87. The molecule has 0 saturated heterocycles. The van der Waals surface area contributed by atoms with Crippen LogP contribution < -0.4 is 5.32 Å². The lowest BCUT2D eigenvalue weighted by Gasteiger charge is -2.18. The lowest BCUT2D eigenvalue weighted by atomic mass is 10.0. The number of ether oxygens (including phenoxy) is 1. The zero-order chi connectivity index (χ0) is 19.1. The van der Waals surface area contributed by atoms with E-state index < -0.39 is 12.1 Å². The standard InChI is InChI=1S/C23H27NO3/c1-2-3-7-17-10-12-18(13-11-17)16-21(25)27-22(19-8-5-4-6-9-19)23(26)24-20-14-15-20/h4-6,8-13,20,22H,2-3,7,14-16H2,1H3,(H,24,26)/t22-/m1/s1. The molecule has 1 fully saturated rings. The highest BCUT2D eigenvalue weighted by atomic mass is 16.5. The molecule has 0 aliphatic heterocycles. The number of benzene rings is 2. The van der Waals surface area contributed by atoms with Crippen molar-refractivity contribution in [2.24, 2.45) is 0 Å². The molecule has 1 amide bonds. The minimum Gasteiger partial charge on any atom is -0.447 e. The average Bonchev–Trinajstić information content (AvgIpc) is 3.50. The van der Waals surface area contributed by atoms with Crippen LogP contribution in [0.15, 0.2) is 54.6 Å². The maximum absolute atomic E-state index is 12.5. The van der Waals surface area contributed by atoms with Crippen molar-refractivity contribution in [1.82, 2.24) is 5.32 Å². The molecule has 3 rings (SSSR count). The minimum absolute atomic E-state index is 0.161. The Kier molecular flexibility index (Phi) is 6.64. The molecule has 2 aromatic rings. The number of carbonyl (C=O) groups excluding carboxylic acids is 2. The third-order valence-corrected chi connectivity index (χ3v) is 4.70. The first-order chi connectivity index (χ1) is 13.2. The molecular weight excluding hydrogens is 338 g/mol. The first-order valence-corrected chi connectivity index (χ1v) is 9.78. The van der Waals surface area contributed by atoms with Gasteiger partial charge in [-0.1, -0.05) is 67.9 Å². The second kappa shape index (κ2) is 9.36. The van der Waals surface area contributed by atoms with E-state index in [0.717, 1.165) is 37.7 Å². The molecule has 1 aliphatic carbocycles. The van der Waals surface area contributed by atoms with Gasteiger partial charge in [-0.05, 0) is 36.8 Å².